The molecule has 1 unspecified atom stereocenters. The van der Waals surface area contributed by atoms with Crippen LogP contribution in [-0.4, -0.2) is 12.2 Å². The highest BCUT2D eigenvalue weighted by molar-refractivity contribution is 9.10. The summed E-state index contributed by atoms with van der Waals surface area (Å²) in [5, 5.41) is 10.7. The molecule has 0 aliphatic rings. The van der Waals surface area contributed by atoms with Gasteiger partial charge >= 0.3 is 0 Å². The van der Waals surface area contributed by atoms with E-state index < -0.39 is 11.4 Å². The van der Waals surface area contributed by atoms with E-state index in [9.17, 15) is 9.50 Å². The Morgan fingerprint density at radius 1 is 1.20 bits per heavy atom. The molecule has 106 valence electrons. The first-order valence-electron chi connectivity index (χ1n) is 6.24. The fraction of sp³-hybridized carbons (Fsp3) is 0.250. The molecule has 0 radical (unpaired) electrons. The monoisotopic (exact) mass is 338 g/mol. The van der Waals surface area contributed by atoms with Gasteiger partial charge < -0.3 is 9.84 Å². The zero-order valence-corrected chi connectivity index (χ0v) is 12.9. The van der Waals surface area contributed by atoms with Crippen LogP contribution in [0.25, 0.3) is 0 Å². The Hall–Kier alpha value is -1.39. The summed E-state index contributed by atoms with van der Waals surface area (Å²) in [7, 11) is 1.42. The lowest BCUT2D eigenvalue weighted by Gasteiger charge is -2.25. The average Bonchev–Trinajstić information content (AvgIpc) is 2.41. The van der Waals surface area contributed by atoms with Crippen LogP contribution in [0, 0.1) is 5.82 Å². The molecule has 2 nitrogen and oxygen atoms in total. The molecule has 0 aromatic heterocycles. The van der Waals surface area contributed by atoms with E-state index in [1.54, 1.807) is 25.1 Å². The van der Waals surface area contributed by atoms with Gasteiger partial charge in [-0.1, -0.05) is 46.3 Å². The Balaban J connectivity index is 2.36. The van der Waals surface area contributed by atoms with Gasteiger partial charge in [0.2, 0.25) is 0 Å². The van der Waals surface area contributed by atoms with Crippen LogP contribution in [0.2, 0.25) is 0 Å². The normalized spacial score (nSPS) is 13.8. The van der Waals surface area contributed by atoms with Crippen molar-refractivity contribution in [2.24, 2.45) is 0 Å². The van der Waals surface area contributed by atoms with Gasteiger partial charge in [0, 0.05) is 10.9 Å². The van der Waals surface area contributed by atoms with Crippen molar-refractivity contribution in [2.45, 2.75) is 18.9 Å². The van der Waals surface area contributed by atoms with Gasteiger partial charge in [-0.05, 0) is 30.2 Å². The van der Waals surface area contributed by atoms with Gasteiger partial charge in [-0.15, -0.1) is 0 Å². The van der Waals surface area contributed by atoms with E-state index >= 15 is 0 Å². The molecule has 0 saturated carbocycles. The number of hydrogen-bond donors (Lipinski definition) is 1. The third-order valence-electron chi connectivity index (χ3n) is 3.25. The summed E-state index contributed by atoms with van der Waals surface area (Å²) in [6, 6.07) is 12.3. The maximum Gasteiger partial charge on any atom is 0.168 e. The number of methoxy groups -OCH3 is 1. The second-order valence-corrected chi connectivity index (χ2v) is 5.72. The fourth-order valence-corrected chi connectivity index (χ4v) is 2.93. The van der Waals surface area contributed by atoms with Crippen molar-refractivity contribution in [1.82, 2.24) is 0 Å². The van der Waals surface area contributed by atoms with Crippen molar-refractivity contribution in [2.75, 3.05) is 7.11 Å². The molecule has 0 heterocycles. The van der Waals surface area contributed by atoms with Crippen LogP contribution >= 0.6 is 15.9 Å². The molecule has 20 heavy (non-hydrogen) atoms. The van der Waals surface area contributed by atoms with Gasteiger partial charge in [0.15, 0.2) is 11.6 Å². The summed E-state index contributed by atoms with van der Waals surface area (Å²) >= 11 is 3.41. The van der Waals surface area contributed by atoms with Gasteiger partial charge in [-0.25, -0.2) is 4.39 Å². The minimum Gasteiger partial charge on any atom is -0.494 e. The molecule has 0 saturated heterocycles. The lowest BCUT2D eigenvalue weighted by atomic mass is 9.89. The van der Waals surface area contributed by atoms with Gasteiger partial charge in [0.1, 0.15) is 0 Å². The third kappa shape index (κ3) is 3.02. The Bertz CT molecular complexity index is 611. The van der Waals surface area contributed by atoms with E-state index in [-0.39, 0.29) is 12.2 Å². The number of ether oxygens (including phenoxy) is 1. The quantitative estimate of drug-likeness (QED) is 0.911. The third-order valence-corrected chi connectivity index (χ3v) is 3.94. The molecule has 0 aliphatic carbocycles. The zero-order chi connectivity index (χ0) is 14.8. The maximum atomic E-state index is 14.2. The smallest absolute Gasteiger partial charge is 0.168 e. The molecule has 0 aliphatic heterocycles. The van der Waals surface area contributed by atoms with Crippen molar-refractivity contribution in [3.8, 4) is 5.75 Å². The maximum absolute atomic E-state index is 14.2. The molecular weight excluding hydrogens is 323 g/mol. The molecule has 1 atom stereocenters. The van der Waals surface area contributed by atoms with E-state index in [2.05, 4.69) is 15.9 Å². The molecule has 2 aromatic rings. The van der Waals surface area contributed by atoms with E-state index in [1.807, 2.05) is 24.3 Å². The molecular formula is C16H16BrFO2. The Morgan fingerprint density at radius 3 is 2.55 bits per heavy atom. The van der Waals surface area contributed by atoms with Crippen molar-refractivity contribution < 1.29 is 14.2 Å². The number of hydrogen-bond acceptors (Lipinski definition) is 2. The molecule has 0 fully saturated rings. The van der Waals surface area contributed by atoms with Crippen LogP contribution in [0.15, 0.2) is 46.9 Å². The van der Waals surface area contributed by atoms with Crippen molar-refractivity contribution in [3.63, 3.8) is 0 Å². The minimum absolute atomic E-state index is 0.165. The summed E-state index contributed by atoms with van der Waals surface area (Å²) in [6.07, 6.45) is 0.165. The molecule has 2 aromatic carbocycles. The van der Waals surface area contributed by atoms with Crippen LogP contribution < -0.4 is 4.74 Å². The summed E-state index contributed by atoms with van der Waals surface area (Å²) in [5.41, 5.74) is -0.0276. The highest BCUT2D eigenvalue weighted by Gasteiger charge is 2.27. The number of aliphatic hydroxyl groups is 1. The molecule has 4 heteroatoms. The molecule has 0 spiro atoms. The van der Waals surface area contributed by atoms with Crippen LogP contribution in [0.1, 0.15) is 18.1 Å². The predicted octanol–water partition coefficient (Wildman–Crippen LogP) is 4.05. The van der Waals surface area contributed by atoms with Crippen molar-refractivity contribution in [1.29, 1.82) is 0 Å². The summed E-state index contributed by atoms with van der Waals surface area (Å²) in [4.78, 5) is 0. The van der Waals surface area contributed by atoms with Gasteiger partial charge in [-0.2, -0.15) is 0 Å². The first-order chi connectivity index (χ1) is 9.45. The van der Waals surface area contributed by atoms with Crippen LogP contribution in [0.5, 0.6) is 5.75 Å². The molecule has 2 rings (SSSR count). The number of rotatable bonds is 4. The lowest BCUT2D eigenvalue weighted by molar-refractivity contribution is 0.0558. The SMILES string of the molecule is COc1cccc(CC(C)(O)c2ccccc2Br)c1F. The van der Waals surface area contributed by atoms with Gasteiger partial charge in [-0.3, -0.25) is 0 Å². The highest BCUT2D eigenvalue weighted by Crippen LogP contribution is 2.33. The topological polar surface area (TPSA) is 29.5 Å². The Labute approximate surface area is 126 Å². The summed E-state index contributed by atoms with van der Waals surface area (Å²) in [6.45, 7) is 1.67. The largest absolute Gasteiger partial charge is 0.494 e. The van der Waals surface area contributed by atoms with Crippen molar-refractivity contribution >= 4 is 15.9 Å². The van der Waals surface area contributed by atoms with Gasteiger partial charge in [0.05, 0.1) is 12.7 Å². The van der Waals surface area contributed by atoms with Crippen LogP contribution in [0.3, 0.4) is 0 Å². The van der Waals surface area contributed by atoms with Crippen LogP contribution in [-0.2, 0) is 12.0 Å². The summed E-state index contributed by atoms with van der Waals surface area (Å²) < 4.78 is 19.9. The van der Waals surface area contributed by atoms with Crippen molar-refractivity contribution in [3.05, 3.63) is 63.9 Å². The summed E-state index contributed by atoms with van der Waals surface area (Å²) in [5.74, 6) is -0.243. The standard InChI is InChI=1S/C16H16BrFO2/c1-16(19,12-7-3-4-8-13(12)17)10-11-6-5-9-14(20-2)15(11)18/h3-9,19H,10H2,1-2H3. The number of halogens is 2. The second kappa shape index (κ2) is 5.94. The van der Waals surface area contributed by atoms with Crippen LogP contribution in [0.4, 0.5) is 4.39 Å². The average molecular weight is 339 g/mol. The molecule has 0 bridgehead atoms. The highest BCUT2D eigenvalue weighted by atomic mass is 79.9. The van der Waals surface area contributed by atoms with E-state index in [4.69, 9.17) is 4.74 Å². The number of benzene rings is 2. The predicted molar refractivity (Wildman–Crippen MR) is 80.4 cm³/mol. The first kappa shape index (κ1) is 15.0. The second-order valence-electron chi connectivity index (χ2n) is 4.86. The zero-order valence-electron chi connectivity index (χ0n) is 11.4. The lowest BCUT2D eigenvalue weighted by Crippen LogP contribution is -2.25. The van der Waals surface area contributed by atoms with E-state index in [0.717, 1.165) is 10.0 Å². The van der Waals surface area contributed by atoms with E-state index in [1.165, 1.54) is 7.11 Å². The van der Waals surface area contributed by atoms with Gasteiger partial charge in [0.25, 0.3) is 0 Å². The fourth-order valence-electron chi connectivity index (χ4n) is 2.21. The minimum atomic E-state index is -1.17. The Morgan fingerprint density at radius 2 is 1.90 bits per heavy atom. The first-order valence-corrected chi connectivity index (χ1v) is 7.04. The molecule has 1 N–H and O–H groups in total. The Kier molecular flexibility index (Phi) is 4.45. The molecule has 0 amide bonds. The van der Waals surface area contributed by atoms with E-state index in [0.29, 0.717) is 5.56 Å².